The minimum Gasteiger partial charge on any atom is -0.481 e. The topological polar surface area (TPSA) is 357 Å². The van der Waals surface area contributed by atoms with Crippen LogP contribution < -0.4 is 27.0 Å². The number of hydrogen-bond donors (Lipinski definition) is 6. The van der Waals surface area contributed by atoms with Crippen molar-refractivity contribution in [3.05, 3.63) is 65.7 Å². The Balaban J connectivity index is 1.35. The summed E-state index contributed by atoms with van der Waals surface area (Å²) in [5.74, 6) is -7.43. The zero-order valence-corrected chi connectivity index (χ0v) is 61.7. The van der Waals surface area contributed by atoms with Gasteiger partial charge in [-0.15, -0.1) is 11.8 Å². The van der Waals surface area contributed by atoms with Crippen LogP contribution in [-0.2, 0) is 68.8 Å². The highest BCUT2D eigenvalue weighted by molar-refractivity contribution is 8.00. The second kappa shape index (κ2) is 42.5. The maximum Gasteiger partial charge on any atom is 0.410 e. The summed E-state index contributed by atoms with van der Waals surface area (Å²) in [6, 6.07) is 11.4. The van der Waals surface area contributed by atoms with Gasteiger partial charge in [-0.2, -0.15) is 0 Å². The van der Waals surface area contributed by atoms with E-state index in [2.05, 4.69) is 21.3 Å². The number of primary amides is 1. The number of rotatable bonds is 45. The minimum absolute atomic E-state index is 0.0154. The van der Waals surface area contributed by atoms with Gasteiger partial charge < -0.3 is 61.0 Å². The monoisotopic (exact) mass is 1420 g/mol. The van der Waals surface area contributed by atoms with Gasteiger partial charge in [0.2, 0.25) is 41.4 Å². The molecule has 0 aliphatic carbocycles. The number of hydrogen-bond acceptors (Lipinski definition) is 17. The SMILES string of the molecule is CC[C@H](C)[C@@H]([C@@H](CC(=O)N1CCC[C@H]1[C@H](OC)[C@@H](C)C(=O)NCC(=O)c1ccccc1)OC)N(C)C(=O)[C@@H](CC(=O)[C@H](C(C)C)N(C)C(=O)OCc1ccc(NC(=O)[C@H](CCCNC(N)=O)CC(=O)[C@@H](NC(=O)CCCCCN2C(=O)CC(SCCCC(=O)O)C2=O)C(C)C)cc1)C(C)C. The van der Waals surface area contributed by atoms with Gasteiger partial charge in [0.25, 0.3) is 0 Å². The van der Waals surface area contributed by atoms with E-state index < -0.39 is 89.3 Å². The number of aliphatic carboxylic acids is 1. The highest BCUT2D eigenvalue weighted by Gasteiger charge is 2.44. The molecule has 7 N–H and O–H groups in total. The maximum absolute atomic E-state index is 14.9. The number of Topliss-reactive ketones (excluding diaryl/α,β-unsaturated/α-hetero) is 3. The number of ether oxygens (including phenoxy) is 3. The Bertz CT molecular complexity index is 3080. The Morgan fingerprint density at radius 3 is 2.03 bits per heavy atom. The average Bonchev–Trinajstić information content (AvgIpc) is 1.65. The van der Waals surface area contributed by atoms with E-state index in [1.54, 1.807) is 106 Å². The molecular weight excluding hydrogens is 1310 g/mol. The molecule has 4 rings (SSSR count). The number of nitrogens with one attached hydrogen (secondary N) is 4. The van der Waals surface area contributed by atoms with E-state index in [-0.39, 0.29) is 142 Å². The maximum atomic E-state index is 14.9. The van der Waals surface area contributed by atoms with Crippen LogP contribution in [0.4, 0.5) is 15.3 Å². The number of carbonyl (C=O) groups excluding carboxylic acids is 12. The molecule has 0 spiro atoms. The lowest BCUT2D eigenvalue weighted by Crippen LogP contribution is -2.54. The van der Waals surface area contributed by atoms with Gasteiger partial charge in [-0.3, -0.25) is 57.6 Å². The van der Waals surface area contributed by atoms with E-state index in [1.165, 1.54) is 42.8 Å². The van der Waals surface area contributed by atoms with Crippen molar-refractivity contribution in [2.24, 2.45) is 47.2 Å². The Morgan fingerprint density at radius 1 is 0.750 bits per heavy atom. The third-order valence-electron chi connectivity index (χ3n) is 19.1. The first kappa shape index (κ1) is 84.6. The molecule has 556 valence electrons. The molecule has 2 aliphatic rings. The predicted octanol–water partition coefficient (Wildman–Crippen LogP) is 7.82. The lowest BCUT2D eigenvalue weighted by atomic mass is 9.83. The fraction of sp³-hybridized carbons (Fsp3) is 0.658. The standard InChI is InChI=1S/C73H111N9O17S/c1-14-47(8)66(58(97-12)40-61(87)81-36-22-27-54(81)67(98-13)48(9)68(91)76-42-57(85)50-24-17-15-18-25-50)79(10)70(93)53(44(2)3)39-56(84)65(46(6)7)80(11)73(96)99-43-49-30-32-52(33-31-49)77-69(92)51(26-21-34-75-72(74)95)38-55(83)64(45(4)5)78-60(86)28-19-16-20-35-82-62(88)41-59(71(82)94)100-37-23-29-63(89)90/h15,17-18,24-25,30-33,44-48,51,53-54,58-59,64-67H,14,16,19-23,26-29,34-43H2,1-13H3,(H,76,91)(H,77,92)(H,78,86)(H,89,90)(H3,74,75,95)/t47-,48+,51+,53-,54-,58+,59?,64-,65-,66-,67+/m0/s1. The van der Waals surface area contributed by atoms with E-state index in [1.807, 2.05) is 27.7 Å². The molecule has 0 radical (unpaired) electrons. The number of amides is 10. The third-order valence-corrected chi connectivity index (χ3v) is 20.4. The quantitative estimate of drug-likeness (QED) is 0.0209. The van der Waals surface area contributed by atoms with Crippen molar-refractivity contribution >= 4 is 94.2 Å². The van der Waals surface area contributed by atoms with Crippen LogP contribution >= 0.6 is 11.8 Å². The van der Waals surface area contributed by atoms with Crippen LogP contribution in [0.5, 0.6) is 0 Å². The second-order valence-corrected chi connectivity index (χ2v) is 28.8. The number of ketones is 3. The number of unbranched alkanes of at least 4 members (excludes halogenated alkanes) is 2. The molecule has 27 heteroatoms. The van der Waals surface area contributed by atoms with Crippen LogP contribution in [0.2, 0.25) is 0 Å². The molecule has 0 aromatic heterocycles. The van der Waals surface area contributed by atoms with Gasteiger partial charge >= 0.3 is 18.1 Å². The number of nitrogens with zero attached hydrogens (tertiary/aromatic N) is 4. The van der Waals surface area contributed by atoms with E-state index in [0.29, 0.717) is 80.5 Å². The van der Waals surface area contributed by atoms with Gasteiger partial charge in [-0.1, -0.05) is 118 Å². The van der Waals surface area contributed by atoms with Gasteiger partial charge in [0.15, 0.2) is 17.3 Å². The summed E-state index contributed by atoms with van der Waals surface area (Å²) < 4.78 is 17.8. The zero-order valence-electron chi connectivity index (χ0n) is 60.9. The molecule has 11 atom stereocenters. The second-order valence-electron chi connectivity index (χ2n) is 27.5. The third kappa shape index (κ3) is 26.0. The Kier molecular flexibility index (Phi) is 35.9. The van der Waals surface area contributed by atoms with E-state index >= 15 is 0 Å². The van der Waals surface area contributed by atoms with Crippen molar-refractivity contribution in [1.82, 2.24) is 35.6 Å². The lowest BCUT2D eigenvalue weighted by Gasteiger charge is -2.41. The Morgan fingerprint density at radius 2 is 1.43 bits per heavy atom. The normalized spacial score (nSPS) is 17.3. The number of methoxy groups -OCH3 is 2. The van der Waals surface area contributed by atoms with Crippen LogP contribution in [0.15, 0.2) is 54.6 Å². The molecule has 10 amide bonds. The van der Waals surface area contributed by atoms with Gasteiger partial charge in [0, 0.05) is 103 Å². The number of carbonyl (C=O) groups is 13. The van der Waals surface area contributed by atoms with Gasteiger partial charge in [-0.05, 0) is 92.1 Å². The van der Waals surface area contributed by atoms with Crippen molar-refractivity contribution in [3.8, 4) is 0 Å². The number of urea groups is 1. The van der Waals surface area contributed by atoms with Gasteiger partial charge in [0.05, 0.1) is 60.5 Å². The number of likely N-dealkylation sites (tertiary alicyclic amines) is 2. The summed E-state index contributed by atoms with van der Waals surface area (Å²) in [7, 11) is 6.14. The number of likely N-dealkylation sites (N-methyl/N-ethyl adjacent to an activating group) is 2. The van der Waals surface area contributed by atoms with Crippen molar-refractivity contribution in [2.75, 3.05) is 65.6 Å². The molecule has 2 aromatic carbocycles. The predicted molar refractivity (Wildman–Crippen MR) is 379 cm³/mol. The minimum atomic E-state index is -0.983. The van der Waals surface area contributed by atoms with Crippen LogP contribution in [-0.4, -0.2) is 203 Å². The van der Waals surface area contributed by atoms with E-state index in [9.17, 15) is 62.3 Å². The van der Waals surface area contributed by atoms with Crippen molar-refractivity contribution in [3.63, 3.8) is 0 Å². The molecule has 2 fully saturated rings. The highest BCUT2D eigenvalue weighted by atomic mass is 32.2. The van der Waals surface area contributed by atoms with Crippen LogP contribution in [0, 0.1) is 41.4 Å². The number of thioether (sulfide) groups is 1. The molecule has 100 heavy (non-hydrogen) atoms. The fourth-order valence-corrected chi connectivity index (χ4v) is 14.3. The molecule has 0 bridgehead atoms. The van der Waals surface area contributed by atoms with Crippen LogP contribution in [0.1, 0.15) is 175 Å². The van der Waals surface area contributed by atoms with Crippen molar-refractivity contribution in [2.45, 2.75) is 207 Å². The zero-order chi connectivity index (χ0) is 74.5. The first-order valence-electron chi connectivity index (χ1n) is 35.2. The Labute approximate surface area is 594 Å². The number of nitrogens with two attached hydrogens (primary N) is 1. The number of anilines is 1. The number of carboxylic acids is 1. The number of imide groups is 1. The molecule has 2 saturated heterocycles. The first-order valence-corrected chi connectivity index (χ1v) is 36.2. The van der Waals surface area contributed by atoms with E-state index in [4.69, 9.17) is 25.1 Å². The molecular formula is C73H111N9O17S. The largest absolute Gasteiger partial charge is 0.481 e. The molecule has 2 heterocycles. The van der Waals surface area contributed by atoms with Crippen LogP contribution in [0.3, 0.4) is 0 Å². The molecule has 0 saturated carbocycles. The summed E-state index contributed by atoms with van der Waals surface area (Å²) in [6.07, 6.45) is 1.56. The molecule has 2 aliphatic heterocycles. The summed E-state index contributed by atoms with van der Waals surface area (Å²) >= 11 is 1.28. The molecule has 2 aromatic rings. The summed E-state index contributed by atoms with van der Waals surface area (Å²) in [4.78, 5) is 179. The van der Waals surface area contributed by atoms with Crippen molar-refractivity contribution < 1.29 is 81.6 Å². The van der Waals surface area contributed by atoms with Crippen molar-refractivity contribution in [1.29, 1.82) is 0 Å². The summed E-state index contributed by atoms with van der Waals surface area (Å²) in [6.45, 7) is 16.9. The Hall–Kier alpha value is -7.78. The summed E-state index contributed by atoms with van der Waals surface area (Å²) in [5.41, 5.74) is 6.66. The van der Waals surface area contributed by atoms with E-state index in [0.717, 1.165) is 0 Å². The lowest BCUT2D eigenvalue weighted by molar-refractivity contribution is -0.149. The fourth-order valence-electron chi connectivity index (χ4n) is 13.2. The smallest absolute Gasteiger partial charge is 0.410 e. The number of benzene rings is 2. The average molecular weight is 1420 g/mol. The highest BCUT2D eigenvalue weighted by Crippen LogP contribution is 2.33. The molecule has 1 unspecified atom stereocenters. The number of carboxylic acid groups (broad SMARTS) is 1. The summed E-state index contributed by atoms with van der Waals surface area (Å²) in [5, 5.41) is 19.3. The first-order chi connectivity index (χ1) is 47.4. The molecule has 26 nitrogen and oxygen atoms in total. The van der Waals surface area contributed by atoms with Gasteiger partial charge in [0.1, 0.15) is 6.61 Å². The van der Waals surface area contributed by atoms with Gasteiger partial charge in [-0.25, -0.2) is 9.59 Å². The van der Waals surface area contributed by atoms with Crippen LogP contribution in [0.25, 0.3) is 0 Å².